The lowest BCUT2D eigenvalue weighted by atomic mass is 9.64. The summed E-state index contributed by atoms with van der Waals surface area (Å²) >= 11 is 0. The summed E-state index contributed by atoms with van der Waals surface area (Å²) < 4.78 is 0. The molecule has 298 valence electrons. The van der Waals surface area contributed by atoms with E-state index >= 15 is 0 Å². The molecule has 0 fully saturated rings. The maximum Gasteiger partial charge on any atom is 0.164 e. The van der Waals surface area contributed by atoms with Gasteiger partial charge >= 0.3 is 0 Å². The van der Waals surface area contributed by atoms with Gasteiger partial charge in [-0.1, -0.05) is 182 Å². The molecule has 5 heteroatoms. The topological polar surface area (TPSA) is 54.8 Å². The molecule has 0 saturated carbocycles. The van der Waals surface area contributed by atoms with Gasteiger partial charge in [0.15, 0.2) is 17.5 Å². The zero-order valence-electron chi connectivity index (χ0n) is 34.6. The van der Waals surface area contributed by atoms with E-state index in [1.54, 1.807) is 0 Å². The highest BCUT2D eigenvalue weighted by Gasteiger charge is 2.51. The molecule has 9 aromatic carbocycles. The molecule has 0 unspecified atom stereocenters. The average molecular weight is 816 g/mol. The lowest BCUT2D eigenvalue weighted by molar-refractivity contribution is 0.754. The Morgan fingerprint density at radius 1 is 0.312 bits per heavy atom. The van der Waals surface area contributed by atoms with Crippen molar-refractivity contribution in [2.75, 3.05) is 4.90 Å². The molecule has 0 atom stereocenters. The third-order valence-corrected chi connectivity index (χ3v) is 13.1. The fourth-order valence-corrected chi connectivity index (χ4v) is 10.4. The van der Waals surface area contributed by atoms with Crippen molar-refractivity contribution in [2.24, 2.45) is 0 Å². The molecule has 0 N–H and O–H groups in total. The van der Waals surface area contributed by atoms with Crippen LogP contribution in [0, 0.1) is 0 Å². The van der Waals surface area contributed by atoms with E-state index in [4.69, 9.17) is 19.9 Å². The first-order valence-electron chi connectivity index (χ1n) is 21.7. The van der Waals surface area contributed by atoms with Crippen LogP contribution in [-0.2, 0) is 5.41 Å². The van der Waals surface area contributed by atoms with Gasteiger partial charge in [-0.2, -0.15) is 0 Å². The standard InChI is InChI=1S/C59H37N5/c1-4-19-38(20-5-1)56-61-57(39-21-6-2-7-22-39)63-58(62-56)41-24-18-23-40(35-41)55-47-37-54-51(36-46(47)45-29-12-16-33-52(45)60-55)59(48-30-13-10-27-43(48)44-28-11-14-31-49(44)59)50-32-15-17-34-53(50)64(54)42-25-8-3-9-26-42/h1-37H. The Morgan fingerprint density at radius 2 is 0.828 bits per heavy atom. The largest absolute Gasteiger partial charge is 0.310 e. The smallest absolute Gasteiger partial charge is 0.164 e. The Bertz CT molecular complexity index is 3520. The monoisotopic (exact) mass is 815 g/mol. The van der Waals surface area contributed by atoms with Crippen molar-refractivity contribution in [1.82, 2.24) is 19.9 Å². The molecule has 0 bridgehead atoms. The number of hydrogen-bond donors (Lipinski definition) is 0. The first-order valence-corrected chi connectivity index (χ1v) is 21.7. The molecule has 1 spiro atoms. The summed E-state index contributed by atoms with van der Waals surface area (Å²) in [7, 11) is 0. The molecule has 13 rings (SSSR count). The van der Waals surface area contributed by atoms with Crippen molar-refractivity contribution in [3.05, 3.63) is 247 Å². The summed E-state index contributed by atoms with van der Waals surface area (Å²) in [5.41, 5.74) is 16.0. The van der Waals surface area contributed by atoms with Crippen LogP contribution in [0.2, 0.25) is 0 Å². The molecule has 2 aliphatic rings. The minimum atomic E-state index is -0.575. The first kappa shape index (κ1) is 36.1. The summed E-state index contributed by atoms with van der Waals surface area (Å²) in [4.78, 5) is 23.1. The SMILES string of the molecule is c1ccc(-c2nc(-c3ccccc3)nc(-c3cccc(-c4nc5ccccc5c5cc6c(cc45)N(c4ccccc4)c4ccccc4C64c5ccccc5-c5ccccc54)c3)n2)cc1. The van der Waals surface area contributed by atoms with E-state index in [9.17, 15) is 0 Å². The summed E-state index contributed by atoms with van der Waals surface area (Å²) in [5, 5.41) is 3.32. The number of hydrogen-bond acceptors (Lipinski definition) is 5. The highest BCUT2D eigenvalue weighted by Crippen LogP contribution is 2.64. The predicted octanol–water partition coefficient (Wildman–Crippen LogP) is 14.4. The zero-order chi connectivity index (χ0) is 42.2. The number of pyridine rings is 1. The Kier molecular flexibility index (Phi) is 8.06. The molecule has 64 heavy (non-hydrogen) atoms. The zero-order valence-corrected chi connectivity index (χ0v) is 34.6. The molecule has 11 aromatic rings. The van der Waals surface area contributed by atoms with Crippen LogP contribution >= 0.6 is 0 Å². The average Bonchev–Trinajstić information content (AvgIpc) is 3.67. The van der Waals surface area contributed by atoms with Crippen molar-refractivity contribution < 1.29 is 0 Å². The second kappa shape index (κ2) is 14.3. The molecule has 0 saturated heterocycles. The number of anilines is 3. The van der Waals surface area contributed by atoms with Crippen LogP contribution in [0.1, 0.15) is 22.3 Å². The third-order valence-electron chi connectivity index (χ3n) is 13.1. The number of benzene rings is 9. The van der Waals surface area contributed by atoms with E-state index in [2.05, 4.69) is 169 Å². The first-order chi connectivity index (χ1) is 31.7. The fourth-order valence-electron chi connectivity index (χ4n) is 10.4. The summed E-state index contributed by atoms with van der Waals surface area (Å²) in [6.07, 6.45) is 0. The van der Waals surface area contributed by atoms with Gasteiger partial charge in [-0.05, 0) is 81.2 Å². The van der Waals surface area contributed by atoms with Crippen LogP contribution in [0.15, 0.2) is 224 Å². The summed E-state index contributed by atoms with van der Waals surface area (Å²) in [6, 6.07) is 80.0. The van der Waals surface area contributed by atoms with Crippen LogP contribution in [0.5, 0.6) is 0 Å². The van der Waals surface area contributed by atoms with Gasteiger partial charge in [-0.25, -0.2) is 19.9 Å². The van der Waals surface area contributed by atoms with Gasteiger partial charge in [0.05, 0.1) is 28.0 Å². The fraction of sp³-hybridized carbons (Fsp3) is 0.0169. The van der Waals surface area contributed by atoms with Gasteiger partial charge in [-0.15, -0.1) is 0 Å². The Morgan fingerprint density at radius 3 is 1.50 bits per heavy atom. The lowest BCUT2D eigenvalue weighted by Gasteiger charge is -2.45. The van der Waals surface area contributed by atoms with Gasteiger partial charge < -0.3 is 4.90 Å². The van der Waals surface area contributed by atoms with Crippen molar-refractivity contribution in [3.63, 3.8) is 0 Å². The molecule has 1 aliphatic carbocycles. The van der Waals surface area contributed by atoms with Crippen LogP contribution in [-0.4, -0.2) is 19.9 Å². The van der Waals surface area contributed by atoms with E-state index < -0.39 is 5.41 Å². The van der Waals surface area contributed by atoms with Crippen molar-refractivity contribution in [2.45, 2.75) is 5.41 Å². The Balaban J connectivity index is 1.10. The maximum absolute atomic E-state index is 5.52. The van der Waals surface area contributed by atoms with Crippen molar-refractivity contribution in [3.8, 4) is 56.5 Å². The van der Waals surface area contributed by atoms with E-state index in [0.29, 0.717) is 17.5 Å². The maximum atomic E-state index is 5.52. The quantitative estimate of drug-likeness (QED) is 0.162. The van der Waals surface area contributed by atoms with Gasteiger partial charge in [0, 0.05) is 38.7 Å². The third kappa shape index (κ3) is 5.37. The molecule has 0 radical (unpaired) electrons. The van der Waals surface area contributed by atoms with Gasteiger partial charge in [0.2, 0.25) is 0 Å². The molecule has 3 heterocycles. The van der Waals surface area contributed by atoms with Gasteiger partial charge in [0.25, 0.3) is 0 Å². The van der Waals surface area contributed by atoms with Crippen LogP contribution < -0.4 is 4.90 Å². The molecule has 1 aliphatic heterocycles. The van der Waals surface area contributed by atoms with Crippen molar-refractivity contribution >= 4 is 38.7 Å². The molecule has 5 nitrogen and oxygen atoms in total. The molecule has 0 amide bonds. The van der Waals surface area contributed by atoms with Gasteiger partial charge in [0.1, 0.15) is 0 Å². The van der Waals surface area contributed by atoms with E-state index in [1.807, 2.05) is 60.7 Å². The van der Waals surface area contributed by atoms with E-state index in [1.165, 1.54) is 33.4 Å². The molecular formula is C59H37N5. The number of aromatic nitrogens is 4. The molecule has 2 aromatic heterocycles. The highest BCUT2D eigenvalue weighted by atomic mass is 15.2. The summed E-state index contributed by atoms with van der Waals surface area (Å²) in [5.74, 6) is 1.85. The minimum absolute atomic E-state index is 0.575. The minimum Gasteiger partial charge on any atom is -0.310 e. The highest BCUT2D eigenvalue weighted by molar-refractivity contribution is 6.14. The van der Waals surface area contributed by atoms with Crippen LogP contribution in [0.4, 0.5) is 17.1 Å². The Hall–Kier alpha value is -8.54. The second-order valence-electron chi connectivity index (χ2n) is 16.5. The Labute approximate surface area is 370 Å². The summed E-state index contributed by atoms with van der Waals surface area (Å²) in [6.45, 7) is 0. The number of para-hydroxylation sites is 3. The van der Waals surface area contributed by atoms with Gasteiger partial charge in [-0.3, -0.25) is 0 Å². The predicted molar refractivity (Wildman–Crippen MR) is 260 cm³/mol. The molecular weight excluding hydrogens is 779 g/mol. The van der Waals surface area contributed by atoms with Crippen molar-refractivity contribution in [1.29, 1.82) is 0 Å². The number of nitrogens with zero attached hydrogens (tertiary/aromatic N) is 5. The number of fused-ring (bicyclic) bond motifs is 12. The van der Waals surface area contributed by atoms with Crippen LogP contribution in [0.3, 0.4) is 0 Å². The van der Waals surface area contributed by atoms with E-state index in [0.717, 1.165) is 66.7 Å². The van der Waals surface area contributed by atoms with E-state index in [-0.39, 0.29) is 0 Å². The van der Waals surface area contributed by atoms with Crippen LogP contribution in [0.25, 0.3) is 78.2 Å². The second-order valence-corrected chi connectivity index (χ2v) is 16.5. The lowest BCUT2D eigenvalue weighted by Crippen LogP contribution is -2.36. The number of rotatable bonds is 5. The normalized spacial score (nSPS) is 13.1.